The first-order valence-electron chi connectivity index (χ1n) is 3.53. The average Bonchev–Trinajstić information content (AvgIpc) is 2.16. The van der Waals surface area contributed by atoms with Crippen molar-refractivity contribution in [2.45, 2.75) is 12.3 Å². The fourth-order valence-electron chi connectivity index (χ4n) is 0.927. The van der Waals surface area contributed by atoms with E-state index in [0.29, 0.717) is 5.56 Å². The van der Waals surface area contributed by atoms with E-state index in [9.17, 15) is 8.78 Å². The Labute approximate surface area is 89.1 Å². The van der Waals surface area contributed by atoms with Gasteiger partial charge in [0.2, 0.25) is 0 Å². The zero-order valence-corrected chi connectivity index (χ0v) is 8.28. The molecule has 0 saturated heterocycles. The lowest BCUT2D eigenvalue weighted by Crippen LogP contribution is -1.98. The molecule has 0 radical (unpaired) electrons. The van der Waals surface area contributed by atoms with E-state index >= 15 is 0 Å². The third-order valence-corrected chi connectivity index (χ3v) is 2.33. The Hall–Kier alpha value is -0.920. The van der Waals surface area contributed by atoms with Gasteiger partial charge in [0.1, 0.15) is 6.07 Å². The van der Waals surface area contributed by atoms with Gasteiger partial charge in [-0.15, -0.1) is 11.6 Å². The summed E-state index contributed by atoms with van der Waals surface area (Å²) in [4.78, 5) is 3.54. The molecule has 0 aromatic carbocycles. The first-order valence-corrected chi connectivity index (χ1v) is 4.44. The van der Waals surface area contributed by atoms with Crippen LogP contribution < -0.4 is 0 Å². The highest BCUT2D eigenvalue weighted by Gasteiger charge is 2.20. The summed E-state index contributed by atoms with van der Waals surface area (Å²) in [6.07, 6.45) is -1.60. The van der Waals surface area contributed by atoms with Crippen LogP contribution in [-0.2, 0) is 5.88 Å². The smallest absolute Gasteiger partial charge is 0.245 e. The molecule has 0 bridgehead atoms. The molecular formula is C8H4Cl2F2N2. The molecule has 0 unspecified atom stereocenters. The molecule has 14 heavy (non-hydrogen) atoms. The van der Waals surface area contributed by atoms with Crippen LogP contribution in [-0.4, -0.2) is 4.98 Å². The highest BCUT2D eigenvalue weighted by Crippen LogP contribution is 2.32. The molecule has 0 spiro atoms. The van der Waals surface area contributed by atoms with Crippen molar-refractivity contribution in [2.75, 3.05) is 0 Å². The normalized spacial score (nSPS) is 10.3. The van der Waals surface area contributed by atoms with E-state index in [0.717, 1.165) is 0 Å². The number of aromatic nitrogens is 1. The predicted octanol–water partition coefficient (Wildman–Crippen LogP) is 3.28. The second-order valence-corrected chi connectivity index (χ2v) is 3.05. The second-order valence-electron chi connectivity index (χ2n) is 2.41. The fraction of sp³-hybridized carbons (Fsp3) is 0.250. The molecule has 0 aliphatic rings. The lowest BCUT2D eigenvalue weighted by molar-refractivity contribution is 0.150. The van der Waals surface area contributed by atoms with Gasteiger partial charge in [-0.1, -0.05) is 11.6 Å². The van der Waals surface area contributed by atoms with Gasteiger partial charge in [0.15, 0.2) is 5.69 Å². The van der Waals surface area contributed by atoms with Gasteiger partial charge in [0.05, 0.1) is 16.5 Å². The van der Waals surface area contributed by atoms with Crippen molar-refractivity contribution in [1.82, 2.24) is 4.98 Å². The maximum Gasteiger partial charge on any atom is 0.268 e. The van der Waals surface area contributed by atoms with Crippen LogP contribution >= 0.6 is 23.2 Å². The number of nitriles is 1. The number of rotatable bonds is 2. The van der Waals surface area contributed by atoms with Gasteiger partial charge in [-0.05, 0) is 0 Å². The SMILES string of the molecule is N#Cc1ncc(CCl)c(Cl)c1C(F)F. The Morgan fingerprint density at radius 2 is 2.21 bits per heavy atom. The lowest BCUT2D eigenvalue weighted by atomic mass is 10.1. The van der Waals surface area contributed by atoms with E-state index in [4.69, 9.17) is 28.5 Å². The van der Waals surface area contributed by atoms with E-state index in [-0.39, 0.29) is 16.6 Å². The topological polar surface area (TPSA) is 36.7 Å². The monoisotopic (exact) mass is 236 g/mol. The quantitative estimate of drug-likeness (QED) is 0.740. The molecule has 0 aliphatic heterocycles. The van der Waals surface area contributed by atoms with Crippen LogP contribution in [0.4, 0.5) is 8.78 Å². The van der Waals surface area contributed by atoms with Crippen LogP contribution in [0.15, 0.2) is 6.20 Å². The van der Waals surface area contributed by atoms with Crippen LogP contribution in [0.2, 0.25) is 5.02 Å². The molecule has 0 N–H and O–H groups in total. The molecule has 0 atom stereocenters. The molecule has 1 heterocycles. The Morgan fingerprint density at radius 3 is 2.64 bits per heavy atom. The van der Waals surface area contributed by atoms with Crippen LogP contribution in [0.1, 0.15) is 23.2 Å². The number of pyridine rings is 1. The summed E-state index contributed by atoms with van der Waals surface area (Å²) < 4.78 is 24.9. The summed E-state index contributed by atoms with van der Waals surface area (Å²) in [5.41, 5.74) is -0.617. The summed E-state index contributed by atoms with van der Waals surface area (Å²) in [6, 6.07) is 1.55. The van der Waals surface area contributed by atoms with E-state index < -0.39 is 12.0 Å². The van der Waals surface area contributed by atoms with Gasteiger partial charge in [-0.3, -0.25) is 0 Å². The average molecular weight is 237 g/mol. The minimum atomic E-state index is -2.83. The molecule has 1 aromatic rings. The molecule has 2 nitrogen and oxygen atoms in total. The van der Waals surface area contributed by atoms with Crippen molar-refractivity contribution < 1.29 is 8.78 Å². The van der Waals surface area contributed by atoms with Crippen LogP contribution in [0.25, 0.3) is 0 Å². The van der Waals surface area contributed by atoms with Crippen LogP contribution in [0.3, 0.4) is 0 Å². The van der Waals surface area contributed by atoms with Gasteiger partial charge >= 0.3 is 0 Å². The van der Waals surface area contributed by atoms with E-state index in [1.54, 1.807) is 6.07 Å². The van der Waals surface area contributed by atoms with Crippen molar-refractivity contribution in [3.63, 3.8) is 0 Å². The third kappa shape index (κ3) is 1.94. The Morgan fingerprint density at radius 1 is 1.57 bits per heavy atom. The maximum absolute atomic E-state index is 12.5. The molecule has 0 amide bonds. The Balaban J connectivity index is 3.41. The maximum atomic E-state index is 12.5. The number of alkyl halides is 3. The number of halogens is 4. The zero-order chi connectivity index (χ0) is 10.7. The highest BCUT2D eigenvalue weighted by atomic mass is 35.5. The van der Waals surface area contributed by atoms with Crippen LogP contribution in [0.5, 0.6) is 0 Å². The van der Waals surface area contributed by atoms with Crippen molar-refractivity contribution in [3.8, 4) is 6.07 Å². The molecule has 6 heteroatoms. The first kappa shape index (κ1) is 11.2. The highest BCUT2D eigenvalue weighted by molar-refractivity contribution is 6.33. The van der Waals surface area contributed by atoms with Crippen molar-refractivity contribution in [3.05, 3.63) is 28.0 Å². The first-order chi connectivity index (χ1) is 6.61. The molecule has 1 rings (SSSR count). The molecule has 0 aliphatic carbocycles. The predicted molar refractivity (Wildman–Crippen MR) is 48.5 cm³/mol. The number of hydrogen-bond acceptors (Lipinski definition) is 2. The number of hydrogen-bond donors (Lipinski definition) is 0. The van der Waals surface area contributed by atoms with Crippen molar-refractivity contribution in [2.24, 2.45) is 0 Å². The van der Waals surface area contributed by atoms with E-state index in [1.165, 1.54) is 6.20 Å². The second kappa shape index (κ2) is 4.54. The van der Waals surface area contributed by atoms with Gasteiger partial charge < -0.3 is 0 Å². The molecular weight excluding hydrogens is 233 g/mol. The summed E-state index contributed by atoms with van der Waals surface area (Å²) >= 11 is 11.1. The molecule has 0 saturated carbocycles. The summed E-state index contributed by atoms with van der Waals surface area (Å²) in [6.45, 7) is 0. The summed E-state index contributed by atoms with van der Waals surface area (Å²) in [5.74, 6) is -0.0166. The van der Waals surface area contributed by atoms with Crippen LogP contribution in [0, 0.1) is 11.3 Å². The third-order valence-electron chi connectivity index (χ3n) is 1.59. The Kier molecular flexibility index (Phi) is 3.62. The van der Waals surface area contributed by atoms with Gasteiger partial charge in [-0.25, -0.2) is 13.8 Å². The van der Waals surface area contributed by atoms with Crippen molar-refractivity contribution in [1.29, 1.82) is 5.26 Å². The molecule has 0 fully saturated rings. The van der Waals surface area contributed by atoms with Gasteiger partial charge in [-0.2, -0.15) is 5.26 Å². The van der Waals surface area contributed by atoms with Gasteiger partial charge in [0.25, 0.3) is 6.43 Å². The van der Waals surface area contributed by atoms with Gasteiger partial charge in [0, 0.05) is 11.8 Å². The fourth-order valence-corrected chi connectivity index (χ4v) is 1.49. The van der Waals surface area contributed by atoms with E-state index in [1.807, 2.05) is 0 Å². The lowest BCUT2D eigenvalue weighted by Gasteiger charge is -2.07. The largest absolute Gasteiger partial charge is 0.268 e. The van der Waals surface area contributed by atoms with E-state index in [2.05, 4.69) is 4.98 Å². The minimum Gasteiger partial charge on any atom is -0.245 e. The molecule has 74 valence electrons. The standard InChI is InChI=1S/C8H4Cl2F2N2/c9-1-4-3-14-5(2-13)6(7(4)10)8(11)12/h3,8H,1H2. The number of nitrogens with zero attached hydrogens (tertiary/aromatic N) is 2. The minimum absolute atomic E-state index is 0.0166. The summed E-state index contributed by atoms with van der Waals surface area (Å²) in [5, 5.41) is 8.34. The Bertz CT molecular complexity index is 388. The molecule has 1 aromatic heterocycles. The summed E-state index contributed by atoms with van der Waals surface area (Å²) in [7, 11) is 0. The zero-order valence-electron chi connectivity index (χ0n) is 6.77. The van der Waals surface area contributed by atoms with Crippen molar-refractivity contribution >= 4 is 23.2 Å².